The van der Waals surface area contributed by atoms with Crippen molar-refractivity contribution in [3.05, 3.63) is 0 Å². The third-order valence-electron chi connectivity index (χ3n) is 1.37. The lowest BCUT2D eigenvalue weighted by atomic mass is 10.2. The Balaban J connectivity index is 2.19. The van der Waals surface area contributed by atoms with Gasteiger partial charge in [0.2, 0.25) is 6.29 Å². The molecule has 0 saturated carbocycles. The van der Waals surface area contributed by atoms with E-state index in [1.54, 1.807) is 0 Å². The summed E-state index contributed by atoms with van der Waals surface area (Å²) in [5.74, 6) is 0. The first-order valence-corrected chi connectivity index (χ1v) is 3.30. The summed E-state index contributed by atoms with van der Waals surface area (Å²) in [4.78, 5) is 9.97. The fourth-order valence-corrected chi connectivity index (χ4v) is 0.917. The van der Waals surface area contributed by atoms with E-state index in [-0.39, 0.29) is 0 Å². The van der Waals surface area contributed by atoms with Crippen molar-refractivity contribution in [1.29, 1.82) is 0 Å². The molecule has 1 rings (SSSR count). The van der Waals surface area contributed by atoms with Crippen LogP contribution >= 0.6 is 0 Å². The Hall–Kier alpha value is -0.770. The minimum Gasteiger partial charge on any atom is -0.450 e. The van der Waals surface area contributed by atoms with Crippen molar-refractivity contribution in [2.24, 2.45) is 0 Å². The van der Waals surface area contributed by atoms with Crippen molar-refractivity contribution in [2.75, 3.05) is 6.61 Å². The summed E-state index contributed by atoms with van der Waals surface area (Å²) in [6.07, 6.45) is 0.891. The lowest BCUT2D eigenvalue weighted by molar-refractivity contribution is -0.137. The van der Waals surface area contributed by atoms with Crippen molar-refractivity contribution in [2.45, 2.75) is 25.6 Å². The van der Waals surface area contributed by atoms with Gasteiger partial charge in [-0.3, -0.25) is 0 Å². The number of rotatable bonds is 1. The number of hydrogen-bond acceptors (Lipinski definition) is 3. The minimum absolute atomic E-state index is 0.522. The highest BCUT2D eigenvalue weighted by molar-refractivity contribution is 5.56. The van der Waals surface area contributed by atoms with Crippen molar-refractivity contribution < 1.29 is 19.4 Å². The molecule has 0 bridgehead atoms. The largest absolute Gasteiger partial charge is 0.508 e. The molecule has 1 fully saturated rings. The Morgan fingerprint density at radius 3 is 2.90 bits per heavy atom. The van der Waals surface area contributed by atoms with E-state index in [9.17, 15) is 4.79 Å². The first-order valence-electron chi connectivity index (χ1n) is 3.30. The van der Waals surface area contributed by atoms with Crippen LogP contribution in [0.25, 0.3) is 0 Å². The molecular formula is C6H10O4. The third kappa shape index (κ3) is 2.23. The van der Waals surface area contributed by atoms with E-state index < -0.39 is 12.4 Å². The zero-order chi connectivity index (χ0) is 7.40. The predicted octanol–water partition coefficient (Wildman–Crippen LogP) is 1.21. The third-order valence-corrected chi connectivity index (χ3v) is 1.37. The molecule has 1 heterocycles. The smallest absolute Gasteiger partial charge is 0.450 e. The van der Waals surface area contributed by atoms with Crippen LogP contribution in [0.5, 0.6) is 0 Å². The van der Waals surface area contributed by atoms with Gasteiger partial charge in [-0.1, -0.05) is 0 Å². The molecule has 0 aromatic carbocycles. The molecule has 1 aliphatic heterocycles. The van der Waals surface area contributed by atoms with Gasteiger partial charge in [0, 0.05) is 6.42 Å². The second kappa shape index (κ2) is 3.41. The Kier molecular flexibility index (Phi) is 2.50. The van der Waals surface area contributed by atoms with Gasteiger partial charge in [0.15, 0.2) is 0 Å². The van der Waals surface area contributed by atoms with Gasteiger partial charge in [-0.05, 0) is 12.8 Å². The molecule has 10 heavy (non-hydrogen) atoms. The summed E-state index contributed by atoms with van der Waals surface area (Å²) in [6.45, 7) is 0.609. The quantitative estimate of drug-likeness (QED) is 0.565. The van der Waals surface area contributed by atoms with Crippen molar-refractivity contribution in [3.63, 3.8) is 0 Å². The van der Waals surface area contributed by atoms with Crippen LogP contribution in [0, 0.1) is 0 Å². The van der Waals surface area contributed by atoms with Crippen molar-refractivity contribution >= 4 is 6.16 Å². The number of carbonyl (C=O) groups is 1. The van der Waals surface area contributed by atoms with Gasteiger partial charge in [-0.15, -0.1) is 0 Å². The lowest BCUT2D eigenvalue weighted by Crippen LogP contribution is -2.24. The topological polar surface area (TPSA) is 55.8 Å². The summed E-state index contributed by atoms with van der Waals surface area (Å²) < 4.78 is 9.37. The molecule has 1 unspecified atom stereocenters. The molecule has 1 atom stereocenters. The highest BCUT2D eigenvalue weighted by Crippen LogP contribution is 2.13. The monoisotopic (exact) mass is 146 g/mol. The van der Waals surface area contributed by atoms with Crippen LogP contribution < -0.4 is 0 Å². The van der Waals surface area contributed by atoms with E-state index in [1.165, 1.54) is 0 Å². The van der Waals surface area contributed by atoms with Crippen LogP contribution in [0.3, 0.4) is 0 Å². The molecular weight excluding hydrogens is 136 g/mol. The Morgan fingerprint density at radius 1 is 1.60 bits per heavy atom. The van der Waals surface area contributed by atoms with Gasteiger partial charge in [-0.2, -0.15) is 0 Å². The molecule has 0 aromatic rings. The maximum Gasteiger partial charge on any atom is 0.508 e. The molecule has 1 N–H and O–H groups in total. The maximum absolute atomic E-state index is 9.97. The fraction of sp³-hybridized carbons (Fsp3) is 0.833. The van der Waals surface area contributed by atoms with Gasteiger partial charge < -0.3 is 14.6 Å². The molecule has 1 aliphatic rings. The van der Waals surface area contributed by atoms with E-state index in [0.717, 1.165) is 12.8 Å². The van der Waals surface area contributed by atoms with E-state index >= 15 is 0 Å². The van der Waals surface area contributed by atoms with Crippen LogP contribution in [0.2, 0.25) is 0 Å². The average Bonchev–Trinajstić information content (AvgIpc) is 1.88. The SMILES string of the molecule is O=C(O)OC1CCCCO1. The normalized spacial score (nSPS) is 25.8. The molecule has 4 heteroatoms. The minimum atomic E-state index is -1.26. The molecule has 1 saturated heterocycles. The molecule has 0 aromatic heterocycles. The molecule has 0 aliphatic carbocycles. The van der Waals surface area contributed by atoms with Gasteiger partial charge >= 0.3 is 6.16 Å². The van der Waals surface area contributed by atoms with Gasteiger partial charge in [0.1, 0.15) is 0 Å². The zero-order valence-electron chi connectivity index (χ0n) is 5.58. The second-order valence-corrected chi connectivity index (χ2v) is 2.18. The number of ether oxygens (including phenoxy) is 2. The van der Waals surface area contributed by atoms with Crippen LogP contribution in [0.4, 0.5) is 4.79 Å². The molecule has 0 amide bonds. The average molecular weight is 146 g/mol. The van der Waals surface area contributed by atoms with Crippen LogP contribution in [-0.4, -0.2) is 24.2 Å². The first kappa shape index (κ1) is 7.34. The van der Waals surface area contributed by atoms with Crippen LogP contribution in [0.1, 0.15) is 19.3 Å². The molecule has 0 radical (unpaired) electrons. The predicted molar refractivity (Wildman–Crippen MR) is 32.7 cm³/mol. The van der Waals surface area contributed by atoms with E-state index in [0.29, 0.717) is 13.0 Å². The second-order valence-electron chi connectivity index (χ2n) is 2.18. The van der Waals surface area contributed by atoms with Gasteiger partial charge in [-0.25, -0.2) is 4.79 Å². The Labute approximate surface area is 58.7 Å². The highest BCUT2D eigenvalue weighted by atomic mass is 16.8. The summed E-state index contributed by atoms with van der Waals surface area (Å²) in [7, 11) is 0. The summed E-state index contributed by atoms with van der Waals surface area (Å²) in [6, 6.07) is 0. The number of hydrogen-bond donors (Lipinski definition) is 1. The van der Waals surface area contributed by atoms with Gasteiger partial charge in [0.25, 0.3) is 0 Å². The van der Waals surface area contributed by atoms with Crippen molar-refractivity contribution in [3.8, 4) is 0 Å². The van der Waals surface area contributed by atoms with Crippen molar-refractivity contribution in [1.82, 2.24) is 0 Å². The summed E-state index contributed by atoms with van der Waals surface area (Å²) >= 11 is 0. The Bertz CT molecular complexity index is 117. The van der Waals surface area contributed by atoms with Crippen LogP contribution in [-0.2, 0) is 9.47 Å². The molecule has 0 spiro atoms. The van der Waals surface area contributed by atoms with Crippen LogP contribution in [0.15, 0.2) is 0 Å². The molecule has 4 nitrogen and oxygen atoms in total. The van der Waals surface area contributed by atoms with E-state index in [1.807, 2.05) is 0 Å². The lowest BCUT2D eigenvalue weighted by Gasteiger charge is -2.20. The van der Waals surface area contributed by atoms with Gasteiger partial charge in [0.05, 0.1) is 6.61 Å². The fourth-order valence-electron chi connectivity index (χ4n) is 0.917. The highest BCUT2D eigenvalue weighted by Gasteiger charge is 2.16. The summed E-state index contributed by atoms with van der Waals surface area (Å²) in [5, 5.41) is 8.16. The standard InChI is InChI=1S/C6H10O4/c7-6(8)10-5-3-1-2-4-9-5/h5H,1-4H2,(H,7,8). The van der Waals surface area contributed by atoms with E-state index in [2.05, 4.69) is 4.74 Å². The Morgan fingerprint density at radius 2 is 2.40 bits per heavy atom. The number of carboxylic acid groups (broad SMARTS) is 1. The summed E-state index contributed by atoms with van der Waals surface area (Å²) in [5.41, 5.74) is 0. The first-order chi connectivity index (χ1) is 4.79. The van der Waals surface area contributed by atoms with E-state index in [4.69, 9.17) is 9.84 Å². The zero-order valence-corrected chi connectivity index (χ0v) is 5.58. The maximum atomic E-state index is 9.97. The molecule has 58 valence electrons.